The van der Waals surface area contributed by atoms with Crippen molar-refractivity contribution in [2.45, 2.75) is 116 Å². The van der Waals surface area contributed by atoms with Crippen molar-refractivity contribution in [2.24, 2.45) is 16.8 Å². The number of phenols is 1. The van der Waals surface area contributed by atoms with Crippen molar-refractivity contribution >= 4 is 6.21 Å². The van der Waals surface area contributed by atoms with Crippen LogP contribution in [0.3, 0.4) is 0 Å². The van der Waals surface area contributed by atoms with E-state index in [0.717, 1.165) is 34.6 Å². The van der Waals surface area contributed by atoms with E-state index in [1.54, 1.807) is 0 Å². The average molecular weight is 474 g/mol. The molecule has 2 aliphatic rings. The lowest BCUT2D eigenvalue weighted by molar-refractivity contribution is 0.242. The molecule has 2 fully saturated rings. The van der Waals surface area contributed by atoms with Gasteiger partial charge in [-0.3, -0.25) is 4.99 Å². The van der Waals surface area contributed by atoms with Crippen LogP contribution in [0.1, 0.15) is 121 Å². The van der Waals surface area contributed by atoms with Crippen LogP contribution in [0.4, 0.5) is 0 Å². The van der Waals surface area contributed by atoms with Gasteiger partial charge in [0.2, 0.25) is 0 Å². The normalized spacial score (nSPS) is 25.7. The van der Waals surface area contributed by atoms with E-state index in [4.69, 9.17) is 4.99 Å². The molecule has 0 bridgehead atoms. The molecule has 190 valence electrons. The molecule has 0 radical (unpaired) electrons. The van der Waals surface area contributed by atoms with Crippen LogP contribution in [0.2, 0.25) is 0 Å². The molecule has 0 amide bonds. The number of rotatable bonds is 4. The predicted octanol–water partition coefficient (Wildman–Crippen LogP) is 9.69. The van der Waals surface area contributed by atoms with E-state index in [1.165, 1.54) is 83.5 Å². The largest absolute Gasteiger partial charge is 0.507 e. The van der Waals surface area contributed by atoms with Gasteiger partial charge < -0.3 is 5.11 Å². The average Bonchev–Trinajstić information content (AvgIpc) is 2.87. The number of phenolic OH excluding ortho intramolecular Hbond substituents is 1. The first-order valence-electron chi connectivity index (χ1n) is 14.6. The molecule has 4 rings (SSSR count). The van der Waals surface area contributed by atoms with Crippen molar-refractivity contribution in [1.82, 2.24) is 0 Å². The highest BCUT2D eigenvalue weighted by Crippen LogP contribution is 2.40. The first-order valence-corrected chi connectivity index (χ1v) is 14.6. The van der Waals surface area contributed by atoms with Gasteiger partial charge in [0.05, 0.1) is 6.04 Å². The van der Waals surface area contributed by atoms with Gasteiger partial charge in [-0.2, -0.15) is 0 Å². The van der Waals surface area contributed by atoms with Gasteiger partial charge in [0.15, 0.2) is 0 Å². The maximum atomic E-state index is 11.7. The molecule has 2 nitrogen and oxygen atoms in total. The minimum Gasteiger partial charge on any atom is -0.507 e. The van der Waals surface area contributed by atoms with Crippen LogP contribution in [-0.2, 0) is 0 Å². The highest BCUT2D eigenvalue weighted by Gasteiger charge is 2.27. The Balaban J connectivity index is 1.66. The van der Waals surface area contributed by atoms with Gasteiger partial charge in [0.1, 0.15) is 5.75 Å². The summed E-state index contributed by atoms with van der Waals surface area (Å²) in [6, 6.07) is 15.3. The molecule has 3 unspecified atom stereocenters. The number of hydrogen-bond donors (Lipinski definition) is 1. The molecule has 2 aromatic carbocycles. The molecule has 0 heterocycles. The fourth-order valence-electron chi connectivity index (χ4n) is 6.36. The van der Waals surface area contributed by atoms with Crippen molar-refractivity contribution < 1.29 is 5.11 Å². The highest BCUT2D eigenvalue weighted by molar-refractivity contribution is 5.94. The van der Waals surface area contributed by atoms with Crippen LogP contribution >= 0.6 is 0 Å². The summed E-state index contributed by atoms with van der Waals surface area (Å²) in [5, 5.41) is 11.7. The van der Waals surface area contributed by atoms with Gasteiger partial charge >= 0.3 is 0 Å². The Morgan fingerprint density at radius 1 is 0.714 bits per heavy atom. The summed E-state index contributed by atoms with van der Waals surface area (Å²) in [4.78, 5) is 5.12. The fraction of sp³-hybridized carbons (Fsp3) is 0.606. The summed E-state index contributed by atoms with van der Waals surface area (Å²) in [6.45, 7) is 4.72. The second kappa shape index (κ2) is 13.3. The quantitative estimate of drug-likeness (QED) is 0.440. The van der Waals surface area contributed by atoms with Crippen LogP contribution in [0.15, 0.2) is 47.5 Å². The summed E-state index contributed by atoms with van der Waals surface area (Å²) < 4.78 is 0. The Kier molecular flexibility index (Phi) is 9.86. The van der Waals surface area contributed by atoms with Gasteiger partial charge in [-0.25, -0.2) is 0 Å². The Morgan fingerprint density at radius 2 is 1.34 bits per heavy atom. The van der Waals surface area contributed by atoms with E-state index in [-0.39, 0.29) is 0 Å². The van der Waals surface area contributed by atoms with Crippen LogP contribution in [-0.4, -0.2) is 17.4 Å². The van der Waals surface area contributed by atoms with Crippen LogP contribution in [0.25, 0.3) is 11.1 Å². The molecule has 1 N–H and O–H groups in total. The smallest absolute Gasteiger partial charge is 0.128 e. The Morgan fingerprint density at radius 3 is 2.00 bits per heavy atom. The van der Waals surface area contributed by atoms with Gasteiger partial charge in [-0.1, -0.05) is 127 Å². The molecular formula is C33H47NO. The van der Waals surface area contributed by atoms with E-state index >= 15 is 0 Å². The predicted molar refractivity (Wildman–Crippen MR) is 151 cm³/mol. The van der Waals surface area contributed by atoms with Crippen molar-refractivity contribution in [2.75, 3.05) is 0 Å². The standard InChI is InChI=1S/C33H47NO/c1-25-16-15-21-32(26(25)2)34-24-31-29(27-17-13-10-14-18-27)22-23-30(33(31)35)28-19-11-8-6-4-3-5-7-9-12-20-28/h10,13-14,17-18,22-26,28,32,35H,3-9,11-12,15-16,19-21H2,1-2H3. The van der Waals surface area contributed by atoms with Crippen molar-refractivity contribution in [3.05, 3.63) is 53.6 Å². The SMILES string of the molecule is CC1CCCC(N=Cc2c(-c3ccccc3)ccc(C3CCCCCCCCCCC3)c2O)C1C. The Labute approximate surface area is 214 Å². The zero-order valence-corrected chi connectivity index (χ0v) is 22.2. The van der Waals surface area contributed by atoms with Crippen LogP contribution < -0.4 is 0 Å². The molecule has 2 aromatic rings. The fourth-order valence-corrected chi connectivity index (χ4v) is 6.36. The molecular weight excluding hydrogens is 426 g/mol. The molecule has 0 aliphatic heterocycles. The third kappa shape index (κ3) is 6.99. The summed E-state index contributed by atoms with van der Waals surface area (Å²) in [5.41, 5.74) is 4.32. The molecule has 35 heavy (non-hydrogen) atoms. The number of nitrogens with zero attached hydrogens (tertiary/aromatic N) is 1. The molecule has 2 saturated carbocycles. The zero-order valence-electron chi connectivity index (χ0n) is 22.2. The van der Waals surface area contributed by atoms with E-state index in [9.17, 15) is 5.11 Å². The van der Waals surface area contributed by atoms with Crippen molar-refractivity contribution in [3.63, 3.8) is 0 Å². The number of aromatic hydroxyl groups is 1. The highest BCUT2D eigenvalue weighted by atomic mass is 16.3. The maximum absolute atomic E-state index is 11.7. The monoisotopic (exact) mass is 473 g/mol. The third-order valence-electron chi connectivity index (χ3n) is 8.94. The second-order valence-electron chi connectivity index (χ2n) is 11.4. The van der Waals surface area contributed by atoms with Gasteiger partial charge in [-0.05, 0) is 53.7 Å². The van der Waals surface area contributed by atoms with Gasteiger partial charge in [0, 0.05) is 11.8 Å². The van der Waals surface area contributed by atoms with Crippen molar-refractivity contribution in [1.29, 1.82) is 0 Å². The Bertz CT molecular complexity index is 922. The lowest BCUT2D eigenvalue weighted by atomic mass is 9.78. The minimum absolute atomic E-state index is 0.353. The van der Waals surface area contributed by atoms with E-state index < -0.39 is 0 Å². The molecule has 2 heteroatoms. The molecule has 0 spiro atoms. The number of aliphatic imine (C=N–C) groups is 1. The zero-order chi connectivity index (χ0) is 24.5. The topological polar surface area (TPSA) is 32.6 Å². The maximum Gasteiger partial charge on any atom is 0.128 e. The number of benzene rings is 2. The first kappa shape index (κ1) is 26.0. The molecule has 2 aliphatic carbocycles. The van der Waals surface area contributed by atoms with E-state index in [2.05, 4.69) is 56.3 Å². The Hall–Kier alpha value is -2.09. The minimum atomic E-state index is 0.353. The van der Waals surface area contributed by atoms with E-state index in [0.29, 0.717) is 23.6 Å². The third-order valence-corrected chi connectivity index (χ3v) is 8.94. The molecule has 0 aromatic heterocycles. The van der Waals surface area contributed by atoms with E-state index in [1.807, 2.05) is 6.21 Å². The van der Waals surface area contributed by atoms with Gasteiger partial charge in [0.25, 0.3) is 0 Å². The number of hydrogen-bond acceptors (Lipinski definition) is 2. The molecule has 0 saturated heterocycles. The summed E-state index contributed by atoms with van der Waals surface area (Å²) in [7, 11) is 0. The summed E-state index contributed by atoms with van der Waals surface area (Å²) in [6.07, 6.45) is 20.2. The summed E-state index contributed by atoms with van der Waals surface area (Å²) in [5.74, 6) is 2.23. The lowest BCUT2D eigenvalue weighted by Gasteiger charge is -2.31. The molecule has 3 atom stereocenters. The lowest BCUT2D eigenvalue weighted by Crippen LogP contribution is -2.27. The van der Waals surface area contributed by atoms with Crippen LogP contribution in [0, 0.1) is 11.8 Å². The first-order chi connectivity index (χ1) is 17.1. The second-order valence-corrected chi connectivity index (χ2v) is 11.4. The summed E-state index contributed by atoms with van der Waals surface area (Å²) >= 11 is 0. The van der Waals surface area contributed by atoms with Crippen LogP contribution in [0.5, 0.6) is 5.75 Å². The van der Waals surface area contributed by atoms with Crippen molar-refractivity contribution in [3.8, 4) is 16.9 Å². The van der Waals surface area contributed by atoms with Gasteiger partial charge in [-0.15, -0.1) is 0 Å².